The minimum Gasteiger partial charge on any atom is -0.486 e. The van der Waals surface area contributed by atoms with Crippen LogP contribution in [0, 0.1) is 11.6 Å². The van der Waals surface area contributed by atoms with Crippen molar-refractivity contribution in [2.75, 3.05) is 35.3 Å². The lowest BCUT2D eigenvalue weighted by Gasteiger charge is -2.26. The van der Waals surface area contributed by atoms with Crippen LogP contribution in [0.25, 0.3) is 10.9 Å². The first-order chi connectivity index (χ1) is 20.3. The van der Waals surface area contributed by atoms with Gasteiger partial charge in [-0.1, -0.05) is 17.7 Å². The van der Waals surface area contributed by atoms with Gasteiger partial charge < -0.3 is 20.1 Å². The molecular weight excluding hydrogens is 570 g/mol. The molecule has 0 spiro atoms. The van der Waals surface area contributed by atoms with Gasteiger partial charge in [0, 0.05) is 54.3 Å². The number of urea groups is 1. The highest BCUT2D eigenvalue weighted by Crippen LogP contribution is 2.35. The fourth-order valence-electron chi connectivity index (χ4n) is 4.76. The number of hydrogen-bond acceptors (Lipinski definition) is 8. The first kappa shape index (κ1) is 27.6. The van der Waals surface area contributed by atoms with E-state index in [2.05, 4.69) is 25.9 Å². The summed E-state index contributed by atoms with van der Waals surface area (Å²) in [4.78, 5) is 33.7. The first-order valence-corrected chi connectivity index (χ1v) is 13.6. The molecule has 2 aliphatic rings. The lowest BCUT2D eigenvalue weighted by molar-refractivity contribution is -0.120. The van der Waals surface area contributed by atoms with Gasteiger partial charge in [-0.3, -0.25) is 15.0 Å². The molecule has 2 aliphatic heterocycles. The van der Waals surface area contributed by atoms with Gasteiger partial charge in [0.25, 0.3) is 0 Å². The number of anilines is 4. The number of hydrogen-bond donors (Lipinski definition) is 3. The zero-order chi connectivity index (χ0) is 29.2. The van der Waals surface area contributed by atoms with Crippen LogP contribution in [0.3, 0.4) is 0 Å². The van der Waals surface area contributed by atoms with Crippen LogP contribution >= 0.6 is 11.6 Å². The predicted octanol–water partition coefficient (Wildman–Crippen LogP) is 5.53. The molecule has 1 aromatic heterocycles. The SMILES string of the molecule is O=C1CCN(c2ccc(CNc3cc4c(Nc5ccc(F)c(Cl)c5)ncnc4cc3O[C@H]3CCOC3)c(F)c2)C(=O)N1. The van der Waals surface area contributed by atoms with E-state index in [-0.39, 0.29) is 36.5 Å². The van der Waals surface area contributed by atoms with Gasteiger partial charge in [-0.25, -0.2) is 23.5 Å². The summed E-state index contributed by atoms with van der Waals surface area (Å²) in [5.74, 6) is -0.445. The van der Waals surface area contributed by atoms with Crippen molar-refractivity contribution in [1.82, 2.24) is 15.3 Å². The first-order valence-electron chi connectivity index (χ1n) is 13.2. The normalized spacial score (nSPS) is 16.9. The molecule has 0 radical (unpaired) electrons. The van der Waals surface area contributed by atoms with E-state index in [1.165, 1.54) is 29.4 Å². The molecule has 3 aromatic carbocycles. The van der Waals surface area contributed by atoms with Crippen LogP contribution in [-0.2, 0) is 16.1 Å². The van der Waals surface area contributed by atoms with Crippen molar-refractivity contribution in [1.29, 1.82) is 0 Å². The van der Waals surface area contributed by atoms with Gasteiger partial charge in [-0.05, 0) is 36.4 Å². The number of carbonyl (C=O) groups is 2. The van der Waals surface area contributed by atoms with Crippen molar-refractivity contribution in [2.24, 2.45) is 0 Å². The molecule has 0 unspecified atom stereocenters. The molecule has 10 nitrogen and oxygen atoms in total. The number of nitrogens with one attached hydrogen (secondary N) is 3. The van der Waals surface area contributed by atoms with E-state index in [0.717, 1.165) is 6.42 Å². The van der Waals surface area contributed by atoms with E-state index >= 15 is 4.39 Å². The van der Waals surface area contributed by atoms with Crippen molar-refractivity contribution < 1.29 is 27.8 Å². The molecule has 0 aliphatic carbocycles. The van der Waals surface area contributed by atoms with Gasteiger partial charge in [0.15, 0.2) is 0 Å². The number of amides is 3. The Morgan fingerprint density at radius 2 is 1.98 bits per heavy atom. The summed E-state index contributed by atoms with van der Waals surface area (Å²) in [6, 6.07) is 11.7. The average Bonchev–Trinajstić information content (AvgIpc) is 3.48. The van der Waals surface area contributed by atoms with Crippen molar-refractivity contribution in [3.63, 3.8) is 0 Å². The maximum absolute atomic E-state index is 15.2. The van der Waals surface area contributed by atoms with Crippen molar-refractivity contribution in [2.45, 2.75) is 25.5 Å². The summed E-state index contributed by atoms with van der Waals surface area (Å²) in [6.07, 6.45) is 2.12. The Hall–Kier alpha value is -4.55. The standard InChI is InChI=1S/C29H25ClF2N6O4/c30-21-9-17(2-4-22(21)31)36-28-20-11-25(26(12-24(20)34-15-35-28)42-19-6-8-41-14-19)33-13-16-1-3-18(10-23(16)32)38-7-5-27(39)37-29(38)40/h1-4,9-12,15,19,33H,5-8,13-14H2,(H,34,35,36)(H,37,39,40)/t19-/m0/s1. The van der Waals surface area contributed by atoms with E-state index in [4.69, 9.17) is 21.1 Å². The third-order valence-electron chi connectivity index (χ3n) is 6.97. The number of carbonyl (C=O) groups excluding carboxylic acids is 2. The Morgan fingerprint density at radius 1 is 1.10 bits per heavy atom. The minimum absolute atomic E-state index is 0.0300. The topological polar surface area (TPSA) is 118 Å². The summed E-state index contributed by atoms with van der Waals surface area (Å²) < 4.78 is 40.6. The fraction of sp³-hybridized carbons (Fsp3) is 0.241. The summed E-state index contributed by atoms with van der Waals surface area (Å²) in [6.45, 7) is 1.32. The van der Waals surface area contributed by atoms with E-state index in [1.54, 1.807) is 30.3 Å². The zero-order valence-electron chi connectivity index (χ0n) is 22.1. The predicted molar refractivity (Wildman–Crippen MR) is 153 cm³/mol. The van der Waals surface area contributed by atoms with Crippen molar-refractivity contribution in [3.05, 3.63) is 77.1 Å². The molecule has 216 valence electrons. The van der Waals surface area contributed by atoms with Gasteiger partial charge in [-0.2, -0.15) is 0 Å². The van der Waals surface area contributed by atoms with Crippen LogP contribution in [0.1, 0.15) is 18.4 Å². The van der Waals surface area contributed by atoms with Crippen LogP contribution in [0.15, 0.2) is 54.9 Å². The third kappa shape index (κ3) is 5.90. The number of halogens is 3. The van der Waals surface area contributed by atoms with Crippen LogP contribution in [0.5, 0.6) is 5.75 Å². The zero-order valence-corrected chi connectivity index (χ0v) is 22.9. The molecule has 1 atom stereocenters. The molecule has 0 saturated carbocycles. The number of ether oxygens (including phenoxy) is 2. The molecule has 6 rings (SSSR count). The second-order valence-electron chi connectivity index (χ2n) is 9.83. The summed E-state index contributed by atoms with van der Waals surface area (Å²) >= 11 is 5.95. The number of nitrogens with zero attached hydrogens (tertiary/aromatic N) is 3. The second kappa shape index (κ2) is 11.7. The largest absolute Gasteiger partial charge is 0.486 e. The summed E-state index contributed by atoms with van der Waals surface area (Å²) in [5, 5.41) is 9.25. The second-order valence-corrected chi connectivity index (χ2v) is 10.2. The minimum atomic E-state index is -0.583. The van der Waals surface area contributed by atoms with Crippen LogP contribution in [0.4, 0.5) is 36.5 Å². The molecule has 3 N–H and O–H groups in total. The molecule has 3 amide bonds. The Labute approximate surface area is 244 Å². The van der Waals surface area contributed by atoms with Crippen LogP contribution in [-0.4, -0.2) is 47.8 Å². The van der Waals surface area contributed by atoms with E-state index in [1.807, 2.05) is 0 Å². The molecule has 42 heavy (non-hydrogen) atoms. The Bertz CT molecular complexity index is 1680. The van der Waals surface area contributed by atoms with Crippen LogP contribution in [0.2, 0.25) is 5.02 Å². The smallest absolute Gasteiger partial charge is 0.328 e. The molecule has 13 heteroatoms. The van der Waals surface area contributed by atoms with Gasteiger partial charge in [0.05, 0.1) is 29.4 Å². The molecule has 0 bridgehead atoms. The van der Waals surface area contributed by atoms with E-state index in [0.29, 0.717) is 58.3 Å². The lowest BCUT2D eigenvalue weighted by Crippen LogP contribution is -2.49. The van der Waals surface area contributed by atoms with Crippen molar-refractivity contribution in [3.8, 4) is 5.75 Å². The number of benzene rings is 3. The lowest BCUT2D eigenvalue weighted by atomic mass is 10.1. The molecule has 2 fully saturated rings. The van der Waals surface area contributed by atoms with Crippen molar-refractivity contribution >= 4 is 57.3 Å². The fourth-order valence-corrected chi connectivity index (χ4v) is 4.94. The highest BCUT2D eigenvalue weighted by molar-refractivity contribution is 6.31. The van der Waals surface area contributed by atoms with Gasteiger partial charge in [0.2, 0.25) is 5.91 Å². The summed E-state index contributed by atoms with van der Waals surface area (Å²) in [7, 11) is 0. The monoisotopic (exact) mass is 594 g/mol. The maximum atomic E-state index is 15.2. The highest BCUT2D eigenvalue weighted by atomic mass is 35.5. The summed E-state index contributed by atoms with van der Waals surface area (Å²) in [5.41, 5.74) is 2.40. The molecule has 3 heterocycles. The Balaban J connectivity index is 1.28. The van der Waals surface area contributed by atoms with E-state index < -0.39 is 17.7 Å². The van der Waals surface area contributed by atoms with Crippen LogP contribution < -0.4 is 25.6 Å². The molecular formula is C29H25ClF2N6O4. The maximum Gasteiger partial charge on any atom is 0.328 e. The molecule has 4 aromatic rings. The number of imide groups is 1. The number of aromatic nitrogens is 2. The average molecular weight is 595 g/mol. The van der Waals surface area contributed by atoms with Gasteiger partial charge in [-0.15, -0.1) is 0 Å². The molecule has 2 saturated heterocycles. The third-order valence-corrected chi connectivity index (χ3v) is 7.26. The Kier molecular flexibility index (Phi) is 7.72. The Morgan fingerprint density at radius 3 is 2.74 bits per heavy atom. The van der Waals surface area contributed by atoms with E-state index in [9.17, 15) is 14.0 Å². The van der Waals surface area contributed by atoms with Gasteiger partial charge >= 0.3 is 6.03 Å². The van der Waals surface area contributed by atoms with Gasteiger partial charge in [0.1, 0.15) is 35.6 Å². The highest BCUT2D eigenvalue weighted by Gasteiger charge is 2.25. The number of rotatable bonds is 8. The quantitative estimate of drug-likeness (QED) is 0.244. The number of fused-ring (bicyclic) bond motifs is 1.